The molecule has 1 fully saturated rings. The summed E-state index contributed by atoms with van der Waals surface area (Å²) in [6.45, 7) is 2.19. The van der Waals surface area contributed by atoms with Gasteiger partial charge in [-0.3, -0.25) is 10.1 Å². The first kappa shape index (κ1) is 14.9. The summed E-state index contributed by atoms with van der Waals surface area (Å²) in [7, 11) is -4.09. The van der Waals surface area contributed by atoms with Crippen molar-refractivity contribution in [3.05, 3.63) is 34.1 Å². The zero-order valence-corrected chi connectivity index (χ0v) is 11.7. The molecule has 1 N–H and O–H groups in total. The van der Waals surface area contributed by atoms with Gasteiger partial charge in [-0.25, -0.2) is 13.1 Å². The maximum atomic E-state index is 13.5. The van der Waals surface area contributed by atoms with Crippen LogP contribution in [0.2, 0.25) is 0 Å². The zero-order valence-electron chi connectivity index (χ0n) is 10.9. The molecule has 0 atom stereocenters. The Balaban J connectivity index is 2.30. The molecule has 8 heteroatoms. The quantitative estimate of drug-likeness (QED) is 0.644. The SMILES string of the molecule is CCC1(CNS(=O)(=O)c2cccc(F)c2[N+](=O)[O-])CC1. The molecule has 1 aromatic rings. The second-order valence-corrected chi connectivity index (χ2v) is 6.76. The number of sulfonamides is 1. The lowest BCUT2D eigenvalue weighted by molar-refractivity contribution is -0.390. The maximum absolute atomic E-state index is 13.5. The molecule has 2 rings (SSSR count). The van der Waals surface area contributed by atoms with E-state index in [0.29, 0.717) is 0 Å². The summed E-state index contributed by atoms with van der Waals surface area (Å²) in [6.07, 6.45) is 2.69. The monoisotopic (exact) mass is 302 g/mol. The number of benzene rings is 1. The topological polar surface area (TPSA) is 89.3 Å². The van der Waals surface area contributed by atoms with Crippen LogP contribution in [-0.4, -0.2) is 19.9 Å². The smallest absolute Gasteiger partial charge is 0.258 e. The van der Waals surface area contributed by atoms with Crippen molar-refractivity contribution in [2.24, 2.45) is 5.41 Å². The molecule has 6 nitrogen and oxygen atoms in total. The van der Waals surface area contributed by atoms with Crippen LogP contribution in [0.1, 0.15) is 26.2 Å². The largest absolute Gasteiger partial charge is 0.324 e. The lowest BCUT2D eigenvalue weighted by Gasteiger charge is -2.13. The summed E-state index contributed by atoms with van der Waals surface area (Å²) in [5.74, 6) is -1.16. The average molecular weight is 302 g/mol. The molecular weight excluding hydrogens is 287 g/mol. The van der Waals surface area contributed by atoms with Crippen LogP contribution in [0.4, 0.5) is 10.1 Å². The van der Waals surface area contributed by atoms with E-state index in [9.17, 15) is 22.9 Å². The van der Waals surface area contributed by atoms with E-state index in [4.69, 9.17) is 0 Å². The highest BCUT2D eigenvalue weighted by Gasteiger charge is 2.42. The number of nitrogens with one attached hydrogen (secondary N) is 1. The number of hydrogen-bond acceptors (Lipinski definition) is 4. The number of nitro benzene ring substituents is 1. The highest BCUT2D eigenvalue weighted by molar-refractivity contribution is 7.89. The average Bonchev–Trinajstić information content (AvgIpc) is 3.16. The van der Waals surface area contributed by atoms with Gasteiger partial charge in [0.2, 0.25) is 15.8 Å². The first-order chi connectivity index (χ1) is 9.31. The van der Waals surface area contributed by atoms with Crippen molar-refractivity contribution in [2.75, 3.05) is 6.54 Å². The third-order valence-corrected chi connectivity index (χ3v) is 5.20. The lowest BCUT2D eigenvalue weighted by Crippen LogP contribution is -2.30. The Kier molecular flexibility index (Phi) is 3.79. The van der Waals surface area contributed by atoms with E-state index in [0.717, 1.165) is 37.5 Å². The molecule has 0 aliphatic heterocycles. The Bertz CT molecular complexity index is 641. The van der Waals surface area contributed by atoms with E-state index in [2.05, 4.69) is 4.72 Å². The summed E-state index contributed by atoms with van der Waals surface area (Å²) in [5.41, 5.74) is -1.06. The highest BCUT2D eigenvalue weighted by Crippen LogP contribution is 2.48. The van der Waals surface area contributed by atoms with Crippen molar-refractivity contribution in [2.45, 2.75) is 31.1 Å². The first-order valence-corrected chi connectivity index (χ1v) is 7.72. The molecule has 0 unspecified atom stereocenters. The van der Waals surface area contributed by atoms with Gasteiger partial charge < -0.3 is 0 Å². The number of para-hydroxylation sites is 1. The Morgan fingerprint density at radius 2 is 2.10 bits per heavy atom. The van der Waals surface area contributed by atoms with Crippen molar-refractivity contribution in [1.82, 2.24) is 4.72 Å². The maximum Gasteiger partial charge on any atom is 0.324 e. The van der Waals surface area contributed by atoms with Gasteiger partial charge in [-0.05, 0) is 36.8 Å². The van der Waals surface area contributed by atoms with E-state index < -0.39 is 31.3 Å². The van der Waals surface area contributed by atoms with Gasteiger partial charge in [-0.1, -0.05) is 13.0 Å². The van der Waals surface area contributed by atoms with Crippen molar-refractivity contribution < 1.29 is 17.7 Å². The molecule has 0 saturated heterocycles. The van der Waals surface area contributed by atoms with Gasteiger partial charge in [0, 0.05) is 6.54 Å². The summed E-state index contributed by atoms with van der Waals surface area (Å²) >= 11 is 0. The Morgan fingerprint density at radius 1 is 1.45 bits per heavy atom. The van der Waals surface area contributed by atoms with Gasteiger partial charge in [-0.15, -0.1) is 0 Å². The van der Waals surface area contributed by atoms with Crippen LogP contribution in [0.5, 0.6) is 0 Å². The molecule has 1 aromatic carbocycles. The molecule has 20 heavy (non-hydrogen) atoms. The molecule has 0 heterocycles. The van der Waals surface area contributed by atoms with Crippen molar-refractivity contribution in [3.63, 3.8) is 0 Å². The molecule has 0 radical (unpaired) electrons. The fraction of sp³-hybridized carbons (Fsp3) is 0.500. The van der Waals surface area contributed by atoms with Crippen LogP contribution in [0.3, 0.4) is 0 Å². The van der Waals surface area contributed by atoms with Crippen LogP contribution in [0.15, 0.2) is 23.1 Å². The number of hydrogen-bond donors (Lipinski definition) is 1. The van der Waals surface area contributed by atoms with E-state index in [1.807, 2.05) is 6.92 Å². The molecular formula is C12H15FN2O4S. The van der Waals surface area contributed by atoms with Crippen LogP contribution in [0.25, 0.3) is 0 Å². The fourth-order valence-electron chi connectivity index (χ4n) is 2.05. The van der Waals surface area contributed by atoms with Crippen LogP contribution < -0.4 is 4.72 Å². The molecule has 110 valence electrons. The van der Waals surface area contributed by atoms with Gasteiger partial charge in [-0.2, -0.15) is 4.39 Å². The Hall–Kier alpha value is -1.54. The molecule has 1 aliphatic carbocycles. The molecule has 0 amide bonds. The van der Waals surface area contributed by atoms with E-state index in [1.54, 1.807) is 0 Å². The molecule has 1 aliphatic rings. The van der Waals surface area contributed by atoms with Gasteiger partial charge >= 0.3 is 5.69 Å². The second kappa shape index (κ2) is 5.10. The molecule has 0 bridgehead atoms. The standard InChI is InChI=1S/C12H15FN2O4S/c1-2-12(6-7-12)8-14-20(18,19)10-5-3-4-9(13)11(10)15(16)17/h3-5,14H,2,6-8H2,1H3. The predicted molar refractivity (Wildman–Crippen MR) is 70.2 cm³/mol. The summed E-state index contributed by atoms with van der Waals surface area (Å²) in [5, 5.41) is 10.8. The van der Waals surface area contributed by atoms with Gasteiger partial charge in [0.25, 0.3) is 0 Å². The highest BCUT2D eigenvalue weighted by atomic mass is 32.2. The van der Waals surface area contributed by atoms with E-state index >= 15 is 0 Å². The summed E-state index contributed by atoms with van der Waals surface area (Å²) < 4.78 is 40.0. The van der Waals surface area contributed by atoms with Gasteiger partial charge in [0.05, 0.1) is 4.92 Å². The Labute approximate surface area is 116 Å². The summed E-state index contributed by atoms with van der Waals surface area (Å²) in [4.78, 5) is 9.18. The lowest BCUT2D eigenvalue weighted by atomic mass is 10.1. The van der Waals surface area contributed by atoms with Gasteiger partial charge in [0.1, 0.15) is 0 Å². The molecule has 0 spiro atoms. The Morgan fingerprint density at radius 3 is 2.60 bits per heavy atom. The van der Waals surface area contributed by atoms with Crippen LogP contribution in [0, 0.1) is 21.3 Å². The predicted octanol–water partition coefficient (Wildman–Crippen LogP) is 2.20. The van der Waals surface area contributed by atoms with Crippen LogP contribution >= 0.6 is 0 Å². The second-order valence-electron chi connectivity index (χ2n) is 5.02. The third kappa shape index (κ3) is 2.80. The number of halogens is 1. The summed E-state index contributed by atoms with van der Waals surface area (Å²) in [6, 6.07) is 3.05. The third-order valence-electron chi connectivity index (χ3n) is 3.77. The number of nitrogens with zero attached hydrogens (tertiary/aromatic N) is 1. The number of rotatable bonds is 6. The van der Waals surface area contributed by atoms with E-state index in [-0.39, 0.29) is 12.0 Å². The first-order valence-electron chi connectivity index (χ1n) is 6.24. The fourth-order valence-corrected chi connectivity index (χ4v) is 3.38. The minimum atomic E-state index is -4.09. The van der Waals surface area contributed by atoms with Crippen LogP contribution in [-0.2, 0) is 10.0 Å². The minimum absolute atomic E-state index is 0.0465. The van der Waals surface area contributed by atoms with Crippen molar-refractivity contribution >= 4 is 15.7 Å². The van der Waals surface area contributed by atoms with Crippen molar-refractivity contribution in [3.8, 4) is 0 Å². The molecule has 1 saturated carbocycles. The van der Waals surface area contributed by atoms with Crippen molar-refractivity contribution in [1.29, 1.82) is 0 Å². The zero-order chi connectivity index (χ0) is 15.0. The molecule has 0 aromatic heterocycles. The van der Waals surface area contributed by atoms with Gasteiger partial charge in [0.15, 0.2) is 4.90 Å². The van der Waals surface area contributed by atoms with E-state index in [1.165, 1.54) is 0 Å². The minimum Gasteiger partial charge on any atom is -0.258 e. The number of nitro groups is 1. The normalized spacial score (nSPS) is 16.9.